The highest BCUT2D eigenvalue weighted by atomic mass is 35.5. The normalized spacial score (nSPS) is 17.7. The third-order valence-corrected chi connectivity index (χ3v) is 5.62. The fraction of sp³-hybridized carbons (Fsp3) is 0.538. The summed E-state index contributed by atoms with van der Waals surface area (Å²) >= 11 is 5.85. The first-order chi connectivity index (χ1) is 8.38. The SMILES string of the molecule is Cc1ccc(C)c(S(=O)(=O)NCC2(CCl)CC2)c1. The molecule has 1 N–H and O–H groups in total. The van der Waals surface area contributed by atoms with Crippen molar-refractivity contribution in [2.75, 3.05) is 12.4 Å². The van der Waals surface area contributed by atoms with E-state index >= 15 is 0 Å². The van der Waals surface area contributed by atoms with E-state index in [2.05, 4.69) is 4.72 Å². The molecule has 0 spiro atoms. The van der Waals surface area contributed by atoms with Crippen LogP contribution >= 0.6 is 11.6 Å². The fourth-order valence-corrected chi connectivity index (χ4v) is 3.70. The van der Waals surface area contributed by atoms with E-state index in [1.807, 2.05) is 26.0 Å². The Balaban J connectivity index is 2.18. The second-order valence-electron chi connectivity index (χ2n) is 5.23. The zero-order valence-electron chi connectivity index (χ0n) is 10.7. The highest BCUT2D eigenvalue weighted by Crippen LogP contribution is 2.46. The van der Waals surface area contributed by atoms with Gasteiger partial charge in [-0.05, 0) is 49.3 Å². The molecule has 1 aliphatic rings. The quantitative estimate of drug-likeness (QED) is 0.846. The number of hydrogen-bond acceptors (Lipinski definition) is 2. The van der Waals surface area contributed by atoms with E-state index in [0.29, 0.717) is 17.3 Å². The van der Waals surface area contributed by atoms with Gasteiger partial charge in [-0.1, -0.05) is 12.1 Å². The lowest BCUT2D eigenvalue weighted by Crippen LogP contribution is -2.31. The van der Waals surface area contributed by atoms with Crippen LogP contribution in [0, 0.1) is 19.3 Å². The molecule has 5 heteroatoms. The van der Waals surface area contributed by atoms with Crippen molar-refractivity contribution in [1.82, 2.24) is 4.72 Å². The van der Waals surface area contributed by atoms with E-state index < -0.39 is 10.0 Å². The molecule has 1 aliphatic carbocycles. The second-order valence-corrected chi connectivity index (χ2v) is 7.23. The molecule has 0 aliphatic heterocycles. The summed E-state index contributed by atoms with van der Waals surface area (Å²) in [7, 11) is -3.43. The number of halogens is 1. The van der Waals surface area contributed by atoms with Crippen LogP contribution in [0.15, 0.2) is 23.1 Å². The number of sulfonamides is 1. The average molecular weight is 288 g/mol. The summed E-state index contributed by atoms with van der Waals surface area (Å²) in [5, 5.41) is 0. The summed E-state index contributed by atoms with van der Waals surface area (Å²) in [5.41, 5.74) is 1.70. The lowest BCUT2D eigenvalue weighted by Gasteiger charge is -2.14. The molecule has 0 amide bonds. The van der Waals surface area contributed by atoms with Gasteiger partial charge in [-0.3, -0.25) is 0 Å². The first kappa shape index (κ1) is 13.8. The van der Waals surface area contributed by atoms with Crippen LogP contribution in [-0.4, -0.2) is 20.8 Å². The molecule has 0 unspecified atom stereocenters. The Morgan fingerprint density at radius 2 is 2.00 bits per heavy atom. The summed E-state index contributed by atoms with van der Waals surface area (Å²) in [5.74, 6) is 0.516. The highest BCUT2D eigenvalue weighted by Gasteiger charge is 2.42. The lowest BCUT2D eigenvalue weighted by molar-refractivity contribution is 0.534. The van der Waals surface area contributed by atoms with Crippen molar-refractivity contribution in [3.05, 3.63) is 29.3 Å². The number of aryl methyl sites for hydroxylation is 2. The molecule has 1 aromatic rings. The maximum absolute atomic E-state index is 12.2. The van der Waals surface area contributed by atoms with Crippen molar-refractivity contribution < 1.29 is 8.42 Å². The van der Waals surface area contributed by atoms with E-state index in [-0.39, 0.29) is 5.41 Å². The van der Waals surface area contributed by atoms with E-state index in [1.165, 1.54) is 0 Å². The van der Waals surface area contributed by atoms with Gasteiger partial charge in [0.15, 0.2) is 0 Å². The van der Waals surface area contributed by atoms with E-state index in [4.69, 9.17) is 11.6 Å². The van der Waals surface area contributed by atoms with Crippen molar-refractivity contribution in [1.29, 1.82) is 0 Å². The van der Waals surface area contributed by atoms with Gasteiger partial charge in [-0.15, -0.1) is 11.6 Å². The Labute approximate surface area is 114 Å². The van der Waals surface area contributed by atoms with Gasteiger partial charge in [0.05, 0.1) is 4.90 Å². The smallest absolute Gasteiger partial charge is 0.211 e. The summed E-state index contributed by atoms with van der Waals surface area (Å²) < 4.78 is 27.2. The van der Waals surface area contributed by atoms with Crippen LogP contribution in [0.2, 0.25) is 0 Å². The number of alkyl halides is 1. The Morgan fingerprint density at radius 3 is 2.56 bits per heavy atom. The minimum atomic E-state index is -3.43. The molecule has 0 heterocycles. The number of hydrogen-bond donors (Lipinski definition) is 1. The van der Waals surface area contributed by atoms with E-state index in [1.54, 1.807) is 6.07 Å². The molecule has 0 bridgehead atoms. The molecule has 100 valence electrons. The van der Waals surface area contributed by atoms with Crippen molar-refractivity contribution >= 4 is 21.6 Å². The summed E-state index contributed by atoms with van der Waals surface area (Å²) in [6.07, 6.45) is 2.01. The molecule has 0 atom stereocenters. The van der Waals surface area contributed by atoms with Crippen molar-refractivity contribution in [2.24, 2.45) is 5.41 Å². The maximum atomic E-state index is 12.2. The van der Waals surface area contributed by atoms with Crippen LogP contribution in [0.3, 0.4) is 0 Å². The lowest BCUT2D eigenvalue weighted by atomic mass is 10.1. The first-order valence-electron chi connectivity index (χ1n) is 6.01. The van der Waals surface area contributed by atoms with Gasteiger partial charge in [0.2, 0.25) is 10.0 Å². The van der Waals surface area contributed by atoms with E-state index in [9.17, 15) is 8.42 Å². The van der Waals surface area contributed by atoms with Gasteiger partial charge < -0.3 is 0 Å². The maximum Gasteiger partial charge on any atom is 0.240 e. The largest absolute Gasteiger partial charge is 0.240 e. The van der Waals surface area contributed by atoms with Gasteiger partial charge in [0.25, 0.3) is 0 Å². The van der Waals surface area contributed by atoms with Crippen LogP contribution in [0.4, 0.5) is 0 Å². The van der Waals surface area contributed by atoms with Crippen LogP contribution in [-0.2, 0) is 10.0 Å². The Hall–Kier alpha value is -0.580. The molecule has 0 aromatic heterocycles. The monoisotopic (exact) mass is 287 g/mol. The van der Waals surface area contributed by atoms with E-state index in [0.717, 1.165) is 24.0 Å². The molecule has 1 aromatic carbocycles. The third-order valence-electron chi connectivity index (χ3n) is 3.51. The zero-order chi connectivity index (χ0) is 13.4. The number of benzene rings is 1. The van der Waals surface area contributed by atoms with Crippen molar-refractivity contribution in [3.63, 3.8) is 0 Å². The van der Waals surface area contributed by atoms with Crippen LogP contribution in [0.1, 0.15) is 24.0 Å². The van der Waals surface area contributed by atoms with Gasteiger partial charge in [-0.2, -0.15) is 0 Å². The van der Waals surface area contributed by atoms with Crippen LogP contribution in [0.5, 0.6) is 0 Å². The van der Waals surface area contributed by atoms with Gasteiger partial charge >= 0.3 is 0 Å². The number of rotatable bonds is 5. The van der Waals surface area contributed by atoms with Gasteiger partial charge in [0.1, 0.15) is 0 Å². The first-order valence-corrected chi connectivity index (χ1v) is 8.03. The predicted octanol–water partition coefficient (Wildman–Crippen LogP) is 2.60. The summed E-state index contributed by atoms with van der Waals surface area (Å²) in [6, 6.07) is 5.45. The Morgan fingerprint density at radius 1 is 1.33 bits per heavy atom. The zero-order valence-corrected chi connectivity index (χ0v) is 12.2. The third kappa shape index (κ3) is 2.87. The topological polar surface area (TPSA) is 46.2 Å². The minimum absolute atomic E-state index is 0.00758. The second kappa shape index (κ2) is 4.83. The molecule has 3 nitrogen and oxygen atoms in total. The number of nitrogens with one attached hydrogen (secondary N) is 1. The summed E-state index contributed by atoms with van der Waals surface area (Å²) in [6.45, 7) is 4.13. The Bertz CT molecular complexity index is 550. The molecular weight excluding hydrogens is 270 g/mol. The van der Waals surface area contributed by atoms with Gasteiger partial charge in [0, 0.05) is 12.4 Å². The average Bonchev–Trinajstić information content (AvgIpc) is 3.11. The fourth-order valence-electron chi connectivity index (χ4n) is 1.86. The van der Waals surface area contributed by atoms with Crippen molar-refractivity contribution in [3.8, 4) is 0 Å². The highest BCUT2D eigenvalue weighted by molar-refractivity contribution is 7.89. The molecule has 2 rings (SSSR count). The van der Waals surface area contributed by atoms with Crippen LogP contribution < -0.4 is 4.72 Å². The molecule has 0 radical (unpaired) electrons. The molecule has 1 fully saturated rings. The molecule has 1 saturated carbocycles. The van der Waals surface area contributed by atoms with Crippen molar-refractivity contribution in [2.45, 2.75) is 31.6 Å². The molecule has 18 heavy (non-hydrogen) atoms. The molecular formula is C13H18ClNO2S. The standard InChI is InChI=1S/C13H18ClNO2S/c1-10-3-4-11(2)12(7-10)18(16,17)15-9-13(8-14)5-6-13/h3-4,7,15H,5-6,8-9H2,1-2H3. The molecule has 0 saturated heterocycles. The predicted molar refractivity (Wildman–Crippen MR) is 73.5 cm³/mol. The Kier molecular flexibility index (Phi) is 3.72. The van der Waals surface area contributed by atoms with Crippen LogP contribution in [0.25, 0.3) is 0 Å². The summed E-state index contributed by atoms with van der Waals surface area (Å²) in [4.78, 5) is 0.368. The minimum Gasteiger partial charge on any atom is -0.211 e. The van der Waals surface area contributed by atoms with Gasteiger partial charge in [-0.25, -0.2) is 13.1 Å².